The topological polar surface area (TPSA) is 105 Å². The molecule has 26 heavy (non-hydrogen) atoms. The molecular formula is C18H15ClN2O5. The largest absolute Gasteiger partial charge is 0.412 e. The summed E-state index contributed by atoms with van der Waals surface area (Å²) in [4.78, 5) is 36.0. The molecule has 1 aliphatic heterocycles. The van der Waals surface area contributed by atoms with E-state index in [1.165, 1.54) is 31.3 Å². The van der Waals surface area contributed by atoms with E-state index in [9.17, 15) is 19.5 Å². The fraction of sp³-hybridized carbons (Fsp3) is 0.167. The van der Waals surface area contributed by atoms with Gasteiger partial charge in [0.15, 0.2) is 11.4 Å². The molecule has 1 heterocycles. The van der Waals surface area contributed by atoms with E-state index >= 15 is 0 Å². The van der Waals surface area contributed by atoms with Crippen LogP contribution < -0.4 is 15.4 Å². The molecule has 1 atom stereocenters. The third kappa shape index (κ3) is 3.14. The van der Waals surface area contributed by atoms with Crippen molar-refractivity contribution in [1.29, 1.82) is 0 Å². The highest BCUT2D eigenvalue weighted by Gasteiger charge is 2.48. The van der Waals surface area contributed by atoms with Crippen molar-refractivity contribution in [1.82, 2.24) is 5.32 Å². The molecule has 1 unspecified atom stereocenters. The number of hydrogen-bond donors (Lipinski definition) is 3. The van der Waals surface area contributed by atoms with E-state index in [1.807, 2.05) is 0 Å². The van der Waals surface area contributed by atoms with Crippen LogP contribution in [-0.4, -0.2) is 29.9 Å². The van der Waals surface area contributed by atoms with Crippen LogP contribution in [0.15, 0.2) is 42.5 Å². The first kappa shape index (κ1) is 17.9. The number of hydrogen-bond acceptors (Lipinski definition) is 5. The number of carbonyl (C=O) groups excluding carboxylic acids is 3. The summed E-state index contributed by atoms with van der Waals surface area (Å²) in [7, 11) is 1.43. The molecule has 0 saturated heterocycles. The normalized spacial score (nSPS) is 18.0. The van der Waals surface area contributed by atoms with Gasteiger partial charge in [0.25, 0.3) is 5.91 Å². The second kappa shape index (κ2) is 6.78. The molecule has 8 heteroatoms. The average molecular weight is 375 g/mol. The van der Waals surface area contributed by atoms with Crippen LogP contribution in [-0.2, 0) is 10.4 Å². The number of halogens is 1. The number of aliphatic hydroxyl groups is 1. The van der Waals surface area contributed by atoms with Crippen LogP contribution in [0.3, 0.4) is 0 Å². The molecular weight excluding hydrogens is 360 g/mol. The first-order valence-corrected chi connectivity index (χ1v) is 8.08. The Hall–Kier alpha value is -2.90. The highest BCUT2D eigenvalue weighted by molar-refractivity contribution is 6.33. The van der Waals surface area contributed by atoms with Gasteiger partial charge in [0.1, 0.15) is 5.75 Å². The monoisotopic (exact) mass is 374 g/mol. The Bertz CT molecular complexity index is 897. The lowest BCUT2D eigenvalue weighted by Gasteiger charge is -2.21. The minimum atomic E-state index is -2.04. The van der Waals surface area contributed by atoms with Gasteiger partial charge >= 0.3 is 6.09 Å². The maximum absolute atomic E-state index is 12.6. The number of amides is 2. The van der Waals surface area contributed by atoms with E-state index in [0.29, 0.717) is 5.69 Å². The number of ether oxygens (including phenoxy) is 1. The summed E-state index contributed by atoms with van der Waals surface area (Å²) in [6.45, 7) is 0. The van der Waals surface area contributed by atoms with Crippen LogP contribution in [0.25, 0.3) is 0 Å². The number of Topliss-reactive ketones (excluding diaryl/α,β-unsaturated/α-hetero) is 1. The second-order valence-corrected chi connectivity index (χ2v) is 6.15. The SMILES string of the molecule is CNC(=O)Oc1ccc(C(=O)CC2(O)C(=O)Nc3cccc(Cl)c32)cc1. The molecule has 0 bridgehead atoms. The first-order valence-electron chi connectivity index (χ1n) is 7.71. The minimum absolute atomic E-state index is 0.194. The quantitative estimate of drug-likeness (QED) is 0.713. The zero-order valence-electron chi connectivity index (χ0n) is 13.7. The summed E-state index contributed by atoms with van der Waals surface area (Å²) in [6.07, 6.45) is -1.10. The van der Waals surface area contributed by atoms with Gasteiger partial charge in [-0.05, 0) is 36.4 Å². The Kier molecular flexibility index (Phi) is 4.67. The predicted molar refractivity (Wildman–Crippen MR) is 94.5 cm³/mol. The van der Waals surface area contributed by atoms with E-state index in [-0.39, 0.29) is 21.9 Å². The number of carbonyl (C=O) groups is 3. The van der Waals surface area contributed by atoms with E-state index in [4.69, 9.17) is 16.3 Å². The molecule has 2 aromatic rings. The third-order valence-corrected chi connectivity index (χ3v) is 4.37. The Labute approximate surface area is 153 Å². The maximum atomic E-state index is 12.6. The molecule has 1 aliphatic rings. The van der Waals surface area contributed by atoms with Crippen molar-refractivity contribution >= 4 is 35.1 Å². The number of fused-ring (bicyclic) bond motifs is 1. The molecule has 2 amide bonds. The lowest BCUT2D eigenvalue weighted by molar-refractivity contribution is -0.133. The second-order valence-electron chi connectivity index (χ2n) is 5.74. The van der Waals surface area contributed by atoms with Crippen molar-refractivity contribution in [2.45, 2.75) is 12.0 Å². The van der Waals surface area contributed by atoms with E-state index in [2.05, 4.69) is 10.6 Å². The summed E-state index contributed by atoms with van der Waals surface area (Å²) in [5.41, 5.74) is -1.20. The van der Waals surface area contributed by atoms with Crippen molar-refractivity contribution in [3.63, 3.8) is 0 Å². The van der Waals surface area contributed by atoms with E-state index in [1.54, 1.807) is 18.2 Å². The smallest absolute Gasteiger partial charge is 0.410 e. The summed E-state index contributed by atoms with van der Waals surface area (Å²) in [5.74, 6) is -0.901. The predicted octanol–water partition coefficient (Wildman–Crippen LogP) is 2.47. The number of rotatable bonds is 4. The lowest BCUT2D eigenvalue weighted by atomic mass is 9.88. The van der Waals surface area contributed by atoms with Crippen molar-refractivity contribution in [2.75, 3.05) is 12.4 Å². The zero-order chi connectivity index (χ0) is 18.9. The molecule has 2 aromatic carbocycles. The Morgan fingerprint density at radius 2 is 1.92 bits per heavy atom. The molecule has 134 valence electrons. The summed E-state index contributed by atoms with van der Waals surface area (Å²) in [6, 6.07) is 10.6. The van der Waals surface area contributed by atoms with E-state index < -0.39 is 29.8 Å². The van der Waals surface area contributed by atoms with Crippen LogP contribution in [0.4, 0.5) is 10.5 Å². The fourth-order valence-electron chi connectivity index (χ4n) is 2.76. The number of benzene rings is 2. The number of anilines is 1. The molecule has 3 rings (SSSR count). The van der Waals surface area contributed by atoms with Crippen LogP contribution in [0.1, 0.15) is 22.3 Å². The van der Waals surface area contributed by atoms with Gasteiger partial charge in [-0.1, -0.05) is 17.7 Å². The number of ketones is 1. The van der Waals surface area contributed by atoms with Crippen molar-refractivity contribution in [2.24, 2.45) is 0 Å². The Morgan fingerprint density at radius 3 is 2.58 bits per heavy atom. The molecule has 3 N–H and O–H groups in total. The fourth-order valence-corrected chi connectivity index (χ4v) is 3.09. The van der Waals surface area contributed by atoms with Crippen LogP contribution in [0, 0.1) is 0 Å². The van der Waals surface area contributed by atoms with Crippen molar-refractivity contribution in [3.05, 3.63) is 58.6 Å². The minimum Gasteiger partial charge on any atom is -0.410 e. The van der Waals surface area contributed by atoms with Gasteiger partial charge in [0.05, 0.1) is 6.42 Å². The van der Waals surface area contributed by atoms with Gasteiger partial charge in [-0.2, -0.15) is 0 Å². The summed E-state index contributed by atoms with van der Waals surface area (Å²) >= 11 is 6.11. The molecule has 0 fully saturated rings. The average Bonchev–Trinajstić information content (AvgIpc) is 2.86. The van der Waals surface area contributed by atoms with Gasteiger partial charge < -0.3 is 20.5 Å². The third-order valence-electron chi connectivity index (χ3n) is 4.06. The molecule has 7 nitrogen and oxygen atoms in total. The standard InChI is InChI=1S/C18H15ClN2O5/c1-20-17(24)26-11-7-5-10(6-8-11)14(22)9-18(25)15-12(19)3-2-4-13(15)21-16(18)23/h2-8,25H,9H2,1H3,(H,20,24)(H,21,23). The van der Waals surface area contributed by atoms with Crippen LogP contribution >= 0.6 is 11.6 Å². The highest BCUT2D eigenvalue weighted by Crippen LogP contribution is 2.43. The molecule has 0 spiro atoms. The van der Waals surface area contributed by atoms with Crippen molar-refractivity contribution in [3.8, 4) is 5.75 Å². The van der Waals surface area contributed by atoms with Gasteiger partial charge in [0.2, 0.25) is 0 Å². The first-order chi connectivity index (χ1) is 12.3. The molecule has 0 saturated carbocycles. The van der Waals surface area contributed by atoms with Crippen molar-refractivity contribution < 1.29 is 24.2 Å². The van der Waals surface area contributed by atoms with Gasteiger partial charge in [-0.25, -0.2) is 4.79 Å². The van der Waals surface area contributed by atoms with E-state index in [0.717, 1.165) is 0 Å². The highest BCUT2D eigenvalue weighted by atomic mass is 35.5. The maximum Gasteiger partial charge on any atom is 0.412 e. The van der Waals surface area contributed by atoms with Gasteiger partial charge in [-0.3, -0.25) is 9.59 Å². The lowest BCUT2D eigenvalue weighted by Crippen LogP contribution is -2.36. The van der Waals surface area contributed by atoms with Gasteiger partial charge in [0, 0.05) is 28.9 Å². The summed E-state index contributed by atoms with van der Waals surface area (Å²) < 4.78 is 4.94. The molecule has 0 radical (unpaired) electrons. The molecule has 0 aromatic heterocycles. The van der Waals surface area contributed by atoms with Crippen LogP contribution in [0.2, 0.25) is 5.02 Å². The number of nitrogens with one attached hydrogen (secondary N) is 2. The van der Waals surface area contributed by atoms with Crippen LogP contribution in [0.5, 0.6) is 5.75 Å². The van der Waals surface area contributed by atoms with Gasteiger partial charge in [-0.15, -0.1) is 0 Å². The Balaban J connectivity index is 1.82. The molecule has 0 aliphatic carbocycles. The Morgan fingerprint density at radius 1 is 1.23 bits per heavy atom. The summed E-state index contributed by atoms with van der Waals surface area (Å²) in [5, 5.41) is 15.9. The zero-order valence-corrected chi connectivity index (χ0v) is 14.5.